The van der Waals surface area contributed by atoms with Crippen LogP contribution in [-0.4, -0.2) is 40.6 Å². The third-order valence-electron chi connectivity index (χ3n) is 4.82. The maximum absolute atomic E-state index is 12.5. The Morgan fingerprint density at radius 2 is 1.96 bits per heavy atom. The van der Waals surface area contributed by atoms with Gasteiger partial charge in [-0.15, -0.1) is 0 Å². The second-order valence-electron chi connectivity index (χ2n) is 6.61. The number of amides is 4. The van der Waals surface area contributed by atoms with Crippen molar-refractivity contribution in [1.82, 2.24) is 10.2 Å². The third-order valence-corrected chi connectivity index (χ3v) is 4.82. The van der Waals surface area contributed by atoms with Crippen molar-refractivity contribution < 1.29 is 19.2 Å². The molecule has 25 heavy (non-hydrogen) atoms. The monoisotopic (exact) mass is 343 g/mol. The molecule has 0 atom stereocenters. The van der Waals surface area contributed by atoms with Gasteiger partial charge in [-0.2, -0.15) is 0 Å². The van der Waals surface area contributed by atoms with Crippen LogP contribution in [0.3, 0.4) is 0 Å². The molecule has 2 aliphatic rings. The lowest BCUT2D eigenvalue weighted by Gasteiger charge is -2.19. The highest BCUT2D eigenvalue weighted by Gasteiger charge is 2.52. The first-order chi connectivity index (χ1) is 11.9. The summed E-state index contributed by atoms with van der Waals surface area (Å²) in [6.07, 6.45) is 3.19. The molecule has 1 aromatic carbocycles. The second kappa shape index (κ2) is 6.66. The minimum Gasteiger partial charge on any atom is -0.326 e. The van der Waals surface area contributed by atoms with E-state index in [1.165, 1.54) is 6.92 Å². The lowest BCUT2D eigenvalue weighted by molar-refractivity contribution is -0.131. The van der Waals surface area contributed by atoms with Gasteiger partial charge in [0.1, 0.15) is 5.54 Å². The first-order valence-corrected chi connectivity index (χ1v) is 8.46. The molecule has 1 spiro atoms. The van der Waals surface area contributed by atoms with Crippen LogP contribution >= 0.6 is 0 Å². The van der Waals surface area contributed by atoms with E-state index >= 15 is 0 Å². The molecular formula is C18H21N3O4. The number of hydrogen-bond donors (Lipinski definition) is 2. The van der Waals surface area contributed by atoms with Crippen molar-refractivity contribution in [2.45, 2.75) is 44.6 Å². The van der Waals surface area contributed by atoms with Crippen molar-refractivity contribution in [2.75, 3.05) is 11.9 Å². The molecule has 0 radical (unpaired) electrons. The largest absolute Gasteiger partial charge is 0.326 e. The maximum Gasteiger partial charge on any atom is 0.325 e. The van der Waals surface area contributed by atoms with E-state index in [-0.39, 0.29) is 30.6 Å². The topological polar surface area (TPSA) is 95.6 Å². The zero-order chi connectivity index (χ0) is 18.0. The number of imide groups is 1. The van der Waals surface area contributed by atoms with E-state index in [4.69, 9.17) is 0 Å². The van der Waals surface area contributed by atoms with E-state index in [1.54, 1.807) is 24.3 Å². The summed E-state index contributed by atoms with van der Waals surface area (Å²) in [5.41, 5.74) is 0.279. The summed E-state index contributed by atoms with van der Waals surface area (Å²) >= 11 is 0. The number of carbonyl (C=O) groups excluding carboxylic acids is 4. The predicted octanol–water partition coefficient (Wildman–Crippen LogP) is 2.08. The Labute approximate surface area is 145 Å². The fourth-order valence-electron chi connectivity index (χ4n) is 3.45. The number of nitrogens with one attached hydrogen (secondary N) is 2. The summed E-state index contributed by atoms with van der Waals surface area (Å²) in [5.74, 6) is -0.618. The molecule has 1 aliphatic carbocycles. The summed E-state index contributed by atoms with van der Waals surface area (Å²) in [6, 6.07) is 6.23. The van der Waals surface area contributed by atoms with Gasteiger partial charge in [0.15, 0.2) is 5.78 Å². The van der Waals surface area contributed by atoms with Gasteiger partial charge in [0.25, 0.3) is 5.91 Å². The standard InChI is InChI=1S/C18H21N3O4/c1-12(22)13-5-4-6-14(11-13)19-15(23)7-10-21-16(24)18(20-17(21)25)8-2-3-9-18/h4-6,11H,2-3,7-10H2,1H3,(H,19,23)(H,20,25). The number of urea groups is 1. The molecule has 1 aliphatic heterocycles. The number of nitrogens with zero attached hydrogens (tertiary/aromatic N) is 1. The van der Waals surface area contributed by atoms with Crippen molar-refractivity contribution in [3.05, 3.63) is 29.8 Å². The zero-order valence-electron chi connectivity index (χ0n) is 14.1. The van der Waals surface area contributed by atoms with Crippen LogP contribution < -0.4 is 10.6 Å². The summed E-state index contributed by atoms with van der Waals surface area (Å²) in [7, 11) is 0. The molecular weight excluding hydrogens is 322 g/mol. The first kappa shape index (κ1) is 17.1. The Morgan fingerprint density at radius 3 is 2.64 bits per heavy atom. The molecule has 3 rings (SSSR count). The van der Waals surface area contributed by atoms with Gasteiger partial charge in [0, 0.05) is 24.2 Å². The quantitative estimate of drug-likeness (QED) is 0.632. The molecule has 0 bridgehead atoms. The Hall–Kier alpha value is -2.70. The minimum atomic E-state index is -0.747. The summed E-state index contributed by atoms with van der Waals surface area (Å²) in [6.45, 7) is 1.50. The van der Waals surface area contributed by atoms with E-state index in [9.17, 15) is 19.2 Å². The Kier molecular flexibility index (Phi) is 4.57. The molecule has 0 aromatic heterocycles. The van der Waals surface area contributed by atoms with E-state index in [0.29, 0.717) is 24.1 Å². The van der Waals surface area contributed by atoms with Gasteiger partial charge < -0.3 is 10.6 Å². The normalized spacial score (nSPS) is 18.5. The highest BCUT2D eigenvalue weighted by atomic mass is 16.2. The third kappa shape index (κ3) is 3.40. The maximum atomic E-state index is 12.5. The number of hydrogen-bond acceptors (Lipinski definition) is 4. The van der Waals surface area contributed by atoms with Crippen molar-refractivity contribution in [3.8, 4) is 0 Å². The van der Waals surface area contributed by atoms with Crippen LogP contribution in [0.25, 0.3) is 0 Å². The lowest BCUT2D eigenvalue weighted by atomic mass is 9.98. The van der Waals surface area contributed by atoms with E-state index in [2.05, 4.69) is 10.6 Å². The van der Waals surface area contributed by atoms with E-state index < -0.39 is 11.6 Å². The molecule has 1 saturated carbocycles. The Morgan fingerprint density at radius 1 is 1.24 bits per heavy atom. The predicted molar refractivity (Wildman–Crippen MR) is 91.1 cm³/mol. The van der Waals surface area contributed by atoms with Crippen LogP contribution in [0.2, 0.25) is 0 Å². The number of rotatable bonds is 5. The van der Waals surface area contributed by atoms with Gasteiger partial charge in [-0.25, -0.2) is 4.79 Å². The molecule has 1 saturated heterocycles. The van der Waals surface area contributed by atoms with Crippen LogP contribution in [0.15, 0.2) is 24.3 Å². The smallest absolute Gasteiger partial charge is 0.325 e. The number of Topliss-reactive ketones (excluding diaryl/α,β-unsaturated/α-hetero) is 1. The zero-order valence-corrected chi connectivity index (χ0v) is 14.1. The summed E-state index contributed by atoms with van der Waals surface area (Å²) in [4.78, 5) is 49.2. The molecule has 0 unspecified atom stereocenters. The number of anilines is 1. The van der Waals surface area contributed by atoms with Crippen molar-refractivity contribution in [2.24, 2.45) is 0 Å². The van der Waals surface area contributed by atoms with Crippen LogP contribution in [0.1, 0.15) is 49.4 Å². The van der Waals surface area contributed by atoms with Crippen LogP contribution in [0.4, 0.5) is 10.5 Å². The van der Waals surface area contributed by atoms with E-state index in [1.807, 2.05) is 0 Å². The number of carbonyl (C=O) groups is 4. The second-order valence-corrected chi connectivity index (χ2v) is 6.61. The number of ketones is 1. The SMILES string of the molecule is CC(=O)c1cccc(NC(=O)CCN2C(=O)NC3(CCCC3)C2=O)c1. The first-order valence-electron chi connectivity index (χ1n) is 8.46. The average molecular weight is 343 g/mol. The van der Waals surface area contributed by atoms with Gasteiger partial charge in [0.2, 0.25) is 5.91 Å². The molecule has 4 amide bonds. The molecule has 7 heteroatoms. The molecule has 1 aromatic rings. The van der Waals surface area contributed by atoms with Gasteiger partial charge in [-0.1, -0.05) is 25.0 Å². The highest BCUT2D eigenvalue weighted by Crippen LogP contribution is 2.35. The van der Waals surface area contributed by atoms with Gasteiger partial charge in [-0.05, 0) is 31.9 Å². The Balaban J connectivity index is 1.57. The Bertz CT molecular complexity index is 738. The van der Waals surface area contributed by atoms with Crippen molar-refractivity contribution >= 4 is 29.3 Å². The highest BCUT2D eigenvalue weighted by molar-refractivity contribution is 6.07. The molecule has 1 heterocycles. The fourth-order valence-corrected chi connectivity index (χ4v) is 3.45. The van der Waals surface area contributed by atoms with Crippen molar-refractivity contribution in [3.63, 3.8) is 0 Å². The molecule has 132 valence electrons. The van der Waals surface area contributed by atoms with Crippen LogP contribution in [0.5, 0.6) is 0 Å². The average Bonchev–Trinajstić information content (AvgIpc) is 3.12. The van der Waals surface area contributed by atoms with Gasteiger partial charge in [0.05, 0.1) is 0 Å². The summed E-state index contributed by atoms with van der Waals surface area (Å²) in [5, 5.41) is 5.48. The van der Waals surface area contributed by atoms with Crippen LogP contribution in [0, 0.1) is 0 Å². The molecule has 2 fully saturated rings. The number of benzene rings is 1. The lowest BCUT2D eigenvalue weighted by Crippen LogP contribution is -2.44. The van der Waals surface area contributed by atoms with Crippen LogP contribution in [-0.2, 0) is 9.59 Å². The van der Waals surface area contributed by atoms with E-state index in [0.717, 1.165) is 17.7 Å². The van der Waals surface area contributed by atoms with Gasteiger partial charge in [-0.3, -0.25) is 19.3 Å². The summed E-state index contributed by atoms with van der Waals surface area (Å²) < 4.78 is 0. The molecule has 2 N–H and O–H groups in total. The van der Waals surface area contributed by atoms with Crippen molar-refractivity contribution in [1.29, 1.82) is 0 Å². The fraction of sp³-hybridized carbons (Fsp3) is 0.444. The minimum absolute atomic E-state index is 0.0134. The molecule has 7 nitrogen and oxygen atoms in total. The van der Waals surface area contributed by atoms with Gasteiger partial charge >= 0.3 is 6.03 Å².